The van der Waals surface area contributed by atoms with Crippen LogP contribution in [0.4, 0.5) is 0 Å². The van der Waals surface area contributed by atoms with Crippen LogP contribution in [0.1, 0.15) is 52.4 Å². The molecule has 1 N–H and O–H groups in total. The molecule has 0 bridgehead atoms. The van der Waals surface area contributed by atoms with Gasteiger partial charge in [0.2, 0.25) is 0 Å². The molecule has 0 aromatic carbocycles. The summed E-state index contributed by atoms with van der Waals surface area (Å²) < 4.78 is 0. The maximum Gasteiger partial charge on any atom is 0.00683 e. The van der Waals surface area contributed by atoms with Crippen LogP contribution in [0.3, 0.4) is 0 Å². The molecule has 1 nitrogen and oxygen atoms in total. The summed E-state index contributed by atoms with van der Waals surface area (Å²) in [6.07, 6.45) is 8.68. The second-order valence-corrected chi connectivity index (χ2v) is 5.42. The molecule has 0 saturated heterocycles. The number of hydrogen-bond donors (Lipinski definition) is 1. The average Bonchev–Trinajstić information content (AvgIpc) is 2.92. The van der Waals surface area contributed by atoms with Crippen molar-refractivity contribution >= 4 is 0 Å². The Morgan fingerprint density at radius 1 is 1.21 bits per heavy atom. The van der Waals surface area contributed by atoms with Crippen LogP contribution in [0, 0.1) is 17.8 Å². The van der Waals surface area contributed by atoms with E-state index in [1.807, 2.05) is 0 Å². The van der Waals surface area contributed by atoms with Gasteiger partial charge in [-0.3, -0.25) is 0 Å². The molecule has 2 rings (SSSR count). The topological polar surface area (TPSA) is 12.0 Å². The highest BCUT2D eigenvalue weighted by atomic mass is 14.9. The lowest BCUT2D eigenvalue weighted by atomic mass is 9.83. The van der Waals surface area contributed by atoms with Gasteiger partial charge in [0.05, 0.1) is 0 Å². The lowest BCUT2D eigenvalue weighted by Crippen LogP contribution is -2.29. The molecule has 2 fully saturated rings. The van der Waals surface area contributed by atoms with E-state index >= 15 is 0 Å². The zero-order valence-corrected chi connectivity index (χ0v) is 9.76. The minimum Gasteiger partial charge on any atom is -0.314 e. The van der Waals surface area contributed by atoms with Crippen LogP contribution in [-0.4, -0.2) is 12.6 Å². The maximum atomic E-state index is 3.71. The highest BCUT2D eigenvalue weighted by Gasteiger charge is 2.31. The van der Waals surface area contributed by atoms with Crippen LogP contribution < -0.4 is 5.32 Å². The summed E-state index contributed by atoms with van der Waals surface area (Å²) in [7, 11) is 0. The number of rotatable bonds is 5. The Kier molecular flexibility index (Phi) is 3.48. The molecule has 2 saturated carbocycles. The fourth-order valence-corrected chi connectivity index (χ4v) is 2.98. The predicted octanol–water partition coefficient (Wildman–Crippen LogP) is 3.20. The first kappa shape index (κ1) is 10.5. The first-order chi connectivity index (χ1) is 6.81. The van der Waals surface area contributed by atoms with Gasteiger partial charge >= 0.3 is 0 Å². The molecule has 3 atom stereocenters. The smallest absolute Gasteiger partial charge is 0.00683 e. The van der Waals surface area contributed by atoms with Crippen molar-refractivity contribution < 1.29 is 0 Å². The van der Waals surface area contributed by atoms with Gasteiger partial charge < -0.3 is 5.32 Å². The lowest BCUT2D eigenvalue weighted by Gasteiger charge is -2.25. The summed E-state index contributed by atoms with van der Waals surface area (Å²) in [4.78, 5) is 0. The second kappa shape index (κ2) is 4.65. The van der Waals surface area contributed by atoms with Crippen molar-refractivity contribution in [3.8, 4) is 0 Å². The van der Waals surface area contributed by atoms with Gasteiger partial charge in [0.25, 0.3) is 0 Å². The third-order valence-electron chi connectivity index (χ3n) is 4.34. The maximum absolute atomic E-state index is 3.71. The molecule has 2 aliphatic carbocycles. The van der Waals surface area contributed by atoms with E-state index in [1.165, 1.54) is 45.1 Å². The Bertz CT molecular complexity index is 174. The summed E-state index contributed by atoms with van der Waals surface area (Å²) in [5.74, 6) is 2.96. The standard InChI is InChI=1S/C13H25N/c1-3-10(2)13-6-4-5-11(13)9-14-12-7-8-12/h10-14H,3-9H2,1-2H3. The molecular weight excluding hydrogens is 170 g/mol. The zero-order chi connectivity index (χ0) is 9.97. The Morgan fingerprint density at radius 2 is 2.00 bits per heavy atom. The van der Waals surface area contributed by atoms with E-state index in [2.05, 4.69) is 19.2 Å². The third kappa shape index (κ3) is 2.50. The monoisotopic (exact) mass is 195 g/mol. The van der Waals surface area contributed by atoms with Crippen LogP contribution in [0.2, 0.25) is 0 Å². The van der Waals surface area contributed by atoms with Gasteiger partial charge in [-0.2, -0.15) is 0 Å². The predicted molar refractivity (Wildman–Crippen MR) is 61.3 cm³/mol. The van der Waals surface area contributed by atoms with Crippen molar-refractivity contribution in [1.82, 2.24) is 5.32 Å². The second-order valence-electron chi connectivity index (χ2n) is 5.42. The Morgan fingerprint density at radius 3 is 2.64 bits per heavy atom. The molecule has 0 aromatic heterocycles. The number of hydrogen-bond acceptors (Lipinski definition) is 1. The molecule has 0 amide bonds. The van der Waals surface area contributed by atoms with Gasteiger partial charge in [0.1, 0.15) is 0 Å². The van der Waals surface area contributed by atoms with Crippen LogP contribution in [0.15, 0.2) is 0 Å². The van der Waals surface area contributed by atoms with E-state index in [0.717, 1.165) is 23.8 Å². The zero-order valence-electron chi connectivity index (χ0n) is 9.76. The normalized spacial score (nSPS) is 34.7. The van der Waals surface area contributed by atoms with Crippen molar-refractivity contribution in [1.29, 1.82) is 0 Å². The summed E-state index contributed by atoms with van der Waals surface area (Å²) in [5, 5.41) is 3.71. The highest BCUT2D eigenvalue weighted by Crippen LogP contribution is 2.38. The molecule has 14 heavy (non-hydrogen) atoms. The van der Waals surface area contributed by atoms with Gasteiger partial charge in [-0.25, -0.2) is 0 Å². The molecule has 0 radical (unpaired) electrons. The molecule has 2 aliphatic rings. The fourth-order valence-electron chi connectivity index (χ4n) is 2.98. The summed E-state index contributed by atoms with van der Waals surface area (Å²) >= 11 is 0. The van der Waals surface area contributed by atoms with Gasteiger partial charge in [-0.15, -0.1) is 0 Å². The summed E-state index contributed by atoms with van der Waals surface area (Å²) in [6.45, 7) is 6.09. The molecule has 1 heteroatoms. The third-order valence-corrected chi connectivity index (χ3v) is 4.34. The summed E-state index contributed by atoms with van der Waals surface area (Å²) in [5.41, 5.74) is 0. The minimum atomic E-state index is 0.896. The SMILES string of the molecule is CCC(C)C1CCCC1CNC1CC1. The highest BCUT2D eigenvalue weighted by molar-refractivity contribution is 4.86. The Balaban J connectivity index is 1.76. The van der Waals surface area contributed by atoms with Crippen molar-refractivity contribution in [2.24, 2.45) is 17.8 Å². The van der Waals surface area contributed by atoms with Crippen LogP contribution in [0.25, 0.3) is 0 Å². The fraction of sp³-hybridized carbons (Fsp3) is 1.00. The molecule has 0 aromatic rings. The van der Waals surface area contributed by atoms with E-state index in [0.29, 0.717) is 0 Å². The molecule has 0 aliphatic heterocycles. The first-order valence-corrected chi connectivity index (χ1v) is 6.54. The van der Waals surface area contributed by atoms with E-state index in [9.17, 15) is 0 Å². The lowest BCUT2D eigenvalue weighted by molar-refractivity contribution is 0.263. The van der Waals surface area contributed by atoms with Crippen LogP contribution in [0.5, 0.6) is 0 Å². The van der Waals surface area contributed by atoms with Gasteiger partial charge in [0, 0.05) is 6.04 Å². The average molecular weight is 195 g/mol. The van der Waals surface area contributed by atoms with Crippen LogP contribution in [-0.2, 0) is 0 Å². The molecule has 0 heterocycles. The van der Waals surface area contributed by atoms with Gasteiger partial charge in [-0.05, 0) is 50.0 Å². The quantitative estimate of drug-likeness (QED) is 0.710. The molecule has 0 spiro atoms. The van der Waals surface area contributed by atoms with Crippen LogP contribution >= 0.6 is 0 Å². The molecule has 82 valence electrons. The van der Waals surface area contributed by atoms with E-state index in [4.69, 9.17) is 0 Å². The first-order valence-electron chi connectivity index (χ1n) is 6.54. The number of nitrogens with one attached hydrogen (secondary N) is 1. The van der Waals surface area contributed by atoms with Gasteiger partial charge in [0.15, 0.2) is 0 Å². The van der Waals surface area contributed by atoms with E-state index in [1.54, 1.807) is 0 Å². The van der Waals surface area contributed by atoms with Gasteiger partial charge in [-0.1, -0.05) is 26.7 Å². The van der Waals surface area contributed by atoms with Crippen molar-refractivity contribution in [3.63, 3.8) is 0 Å². The minimum absolute atomic E-state index is 0.896. The van der Waals surface area contributed by atoms with Crippen molar-refractivity contribution in [2.45, 2.75) is 58.4 Å². The van der Waals surface area contributed by atoms with E-state index < -0.39 is 0 Å². The van der Waals surface area contributed by atoms with E-state index in [-0.39, 0.29) is 0 Å². The molecule has 3 unspecified atom stereocenters. The largest absolute Gasteiger partial charge is 0.314 e. The molecular formula is C13H25N. The van der Waals surface area contributed by atoms with Crippen molar-refractivity contribution in [2.75, 3.05) is 6.54 Å². The Hall–Kier alpha value is -0.0400. The Labute approximate surface area is 88.7 Å². The summed E-state index contributed by atoms with van der Waals surface area (Å²) in [6, 6.07) is 0.896. The van der Waals surface area contributed by atoms with Crippen molar-refractivity contribution in [3.05, 3.63) is 0 Å².